The summed E-state index contributed by atoms with van der Waals surface area (Å²) in [7, 11) is 0. The zero-order chi connectivity index (χ0) is 28.6. The van der Waals surface area contributed by atoms with Gasteiger partial charge < -0.3 is 14.2 Å². The maximum atomic E-state index is 13.1. The third-order valence-corrected chi connectivity index (χ3v) is 11.9. The van der Waals surface area contributed by atoms with E-state index in [9.17, 15) is 4.79 Å². The first kappa shape index (κ1) is 31.3. The highest BCUT2D eigenvalue weighted by Crippen LogP contribution is 2.68. The summed E-state index contributed by atoms with van der Waals surface area (Å²) >= 11 is 0. The van der Waals surface area contributed by atoms with Gasteiger partial charge in [0.05, 0.1) is 18.1 Å². The highest BCUT2D eigenvalue weighted by molar-refractivity contribution is 5.73. The fraction of sp³-hybridized carbons (Fsp3) is 0.971. The molecule has 0 aromatic carbocycles. The minimum Gasteiger partial charge on any atom is -0.460 e. The van der Waals surface area contributed by atoms with Crippen LogP contribution in [0.15, 0.2) is 0 Å². The van der Waals surface area contributed by atoms with Crippen molar-refractivity contribution >= 4 is 5.97 Å². The van der Waals surface area contributed by atoms with Crippen LogP contribution in [0.5, 0.6) is 0 Å². The van der Waals surface area contributed by atoms with Gasteiger partial charge in [-0.1, -0.05) is 33.6 Å². The fourth-order valence-corrected chi connectivity index (χ4v) is 10.00. The van der Waals surface area contributed by atoms with E-state index < -0.39 is 5.60 Å². The average Bonchev–Trinajstić information content (AvgIpc) is 3.18. The number of rotatable bonds is 9. The van der Waals surface area contributed by atoms with E-state index in [0.717, 1.165) is 42.4 Å². The molecule has 0 amide bonds. The van der Waals surface area contributed by atoms with Gasteiger partial charge >= 0.3 is 5.97 Å². The average molecular weight is 547 g/mol. The van der Waals surface area contributed by atoms with Crippen LogP contribution in [0.1, 0.15) is 139 Å². The third kappa shape index (κ3) is 7.07. The van der Waals surface area contributed by atoms with E-state index in [1.807, 2.05) is 41.5 Å². The summed E-state index contributed by atoms with van der Waals surface area (Å²) in [4.78, 5) is 13.1. The summed E-state index contributed by atoms with van der Waals surface area (Å²) in [6, 6.07) is 0. The highest BCUT2D eigenvalue weighted by Gasteiger charge is 2.60. The van der Waals surface area contributed by atoms with Crippen LogP contribution in [0.3, 0.4) is 0 Å². The van der Waals surface area contributed by atoms with Crippen molar-refractivity contribution in [3.8, 4) is 0 Å². The predicted octanol–water partition coefficient (Wildman–Crippen LogP) is 9.20. The molecule has 0 radical (unpaired) electrons. The summed E-state index contributed by atoms with van der Waals surface area (Å²) in [5.41, 5.74) is 0.346. The molecule has 0 N–H and O–H groups in total. The number of fused-ring (bicyclic) bond motifs is 5. The Morgan fingerprint density at radius 2 is 1.54 bits per heavy atom. The molecule has 0 bridgehead atoms. The molecule has 4 heteroatoms. The van der Waals surface area contributed by atoms with Gasteiger partial charge in [0.15, 0.2) is 0 Å². The van der Waals surface area contributed by atoms with E-state index in [1.54, 1.807) is 0 Å². The Labute approximate surface area is 241 Å². The van der Waals surface area contributed by atoms with Crippen molar-refractivity contribution in [3.63, 3.8) is 0 Å². The Morgan fingerprint density at radius 1 is 0.821 bits per heavy atom. The van der Waals surface area contributed by atoms with Gasteiger partial charge in [-0.3, -0.25) is 4.79 Å². The van der Waals surface area contributed by atoms with E-state index in [4.69, 9.17) is 14.2 Å². The molecule has 0 heterocycles. The maximum Gasteiger partial charge on any atom is 0.311 e. The first-order valence-electron chi connectivity index (χ1n) is 16.6. The van der Waals surface area contributed by atoms with Gasteiger partial charge in [0.2, 0.25) is 0 Å². The molecule has 4 rings (SSSR count). The molecular weight excluding hydrogens is 484 g/mol. The molecule has 226 valence electrons. The smallest absolute Gasteiger partial charge is 0.311 e. The molecule has 4 aliphatic rings. The van der Waals surface area contributed by atoms with Crippen molar-refractivity contribution in [3.05, 3.63) is 0 Å². The van der Waals surface area contributed by atoms with Gasteiger partial charge in [0.25, 0.3) is 0 Å². The lowest BCUT2D eigenvalue weighted by atomic mass is 9.44. The number of hydrogen-bond donors (Lipinski definition) is 0. The summed E-state index contributed by atoms with van der Waals surface area (Å²) < 4.78 is 17.4. The van der Waals surface area contributed by atoms with Gasteiger partial charge in [-0.15, -0.1) is 0 Å². The van der Waals surface area contributed by atoms with Crippen LogP contribution >= 0.6 is 0 Å². The number of carbonyl (C=O) groups excluding carboxylic acids is 1. The van der Waals surface area contributed by atoms with Crippen LogP contribution < -0.4 is 0 Å². The molecule has 4 saturated carbocycles. The van der Waals surface area contributed by atoms with Crippen molar-refractivity contribution in [2.24, 2.45) is 52.3 Å². The number of carbonyl (C=O) groups is 1. The maximum absolute atomic E-state index is 13.1. The first-order chi connectivity index (χ1) is 18.1. The molecule has 0 spiro atoms. The minimum atomic E-state index is -0.484. The van der Waals surface area contributed by atoms with Crippen molar-refractivity contribution in [1.82, 2.24) is 0 Å². The first-order valence-corrected chi connectivity index (χ1v) is 16.6. The molecule has 0 aromatic rings. The van der Waals surface area contributed by atoms with Crippen molar-refractivity contribution in [1.29, 1.82) is 0 Å². The van der Waals surface area contributed by atoms with E-state index in [2.05, 4.69) is 20.8 Å². The second-order valence-corrected chi connectivity index (χ2v) is 16.7. The molecular formula is C35H62O4. The molecule has 4 aliphatic carbocycles. The molecule has 9 atom stereocenters. The van der Waals surface area contributed by atoms with Crippen LogP contribution in [0.25, 0.3) is 0 Å². The topological polar surface area (TPSA) is 44.8 Å². The normalized spacial score (nSPS) is 38.3. The van der Waals surface area contributed by atoms with Crippen LogP contribution in [0.4, 0.5) is 0 Å². The van der Waals surface area contributed by atoms with Gasteiger partial charge in [-0.05, 0) is 152 Å². The molecule has 0 aliphatic heterocycles. The molecule has 4 fully saturated rings. The lowest BCUT2D eigenvalue weighted by molar-refractivity contribution is -0.168. The summed E-state index contributed by atoms with van der Waals surface area (Å²) in [6.45, 7) is 20.3. The second kappa shape index (κ2) is 11.9. The Kier molecular flexibility index (Phi) is 9.59. The second-order valence-electron chi connectivity index (χ2n) is 16.7. The largest absolute Gasteiger partial charge is 0.460 e. The molecule has 7 unspecified atom stereocenters. The Balaban J connectivity index is 1.37. The van der Waals surface area contributed by atoms with Crippen LogP contribution in [-0.2, 0) is 19.0 Å². The van der Waals surface area contributed by atoms with Crippen LogP contribution in [0, 0.1) is 52.3 Å². The molecule has 0 saturated heterocycles. The SMILES string of the molecule is C[C@H](CCC(COCOC(C)(C)C)C(=O)OC(C)(C)C)C1CCC2C3CCC4CCCC[C@]4(C)C3CCC21C. The standard InChI is InChI=1S/C35H62O4/c1-24(13-14-25(31(36)39-33(5,6)7)22-37-23-38-32(2,3)4)28-17-18-29-27-16-15-26-12-10-11-20-34(26,8)30(27)19-21-35(28,29)9/h24-30H,10-23H2,1-9H3/t24-,25?,26?,27?,28?,29?,30?,34+,35?/m1/s1. The lowest BCUT2D eigenvalue weighted by Gasteiger charge is -2.61. The lowest BCUT2D eigenvalue weighted by Crippen LogP contribution is -2.53. The minimum absolute atomic E-state index is 0.126. The number of hydrogen-bond acceptors (Lipinski definition) is 4. The third-order valence-electron chi connectivity index (χ3n) is 11.9. The zero-order valence-electron chi connectivity index (χ0n) is 27.1. The Hall–Kier alpha value is -0.610. The van der Waals surface area contributed by atoms with E-state index in [0.29, 0.717) is 23.4 Å². The number of esters is 1. The van der Waals surface area contributed by atoms with E-state index in [-0.39, 0.29) is 24.3 Å². The monoisotopic (exact) mass is 546 g/mol. The van der Waals surface area contributed by atoms with Gasteiger partial charge in [0, 0.05) is 0 Å². The zero-order valence-corrected chi connectivity index (χ0v) is 27.1. The summed E-state index contributed by atoms with van der Waals surface area (Å²) in [5, 5.41) is 0. The Bertz CT molecular complexity index is 823. The van der Waals surface area contributed by atoms with E-state index >= 15 is 0 Å². The van der Waals surface area contributed by atoms with Crippen molar-refractivity contribution in [2.75, 3.05) is 13.4 Å². The molecule has 0 aromatic heterocycles. The Morgan fingerprint density at radius 3 is 2.23 bits per heavy atom. The highest BCUT2D eigenvalue weighted by atomic mass is 16.7. The van der Waals surface area contributed by atoms with Gasteiger partial charge in [-0.25, -0.2) is 0 Å². The van der Waals surface area contributed by atoms with Gasteiger partial charge in [0.1, 0.15) is 12.4 Å². The number of ether oxygens (including phenoxy) is 3. The molecule has 4 nitrogen and oxygen atoms in total. The van der Waals surface area contributed by atoms with Gasteiger partial charge in [-0.2, -0.15) is 0 Å². The molecule has 39 heavy (non-hydrogen) atoms. The summed E-state index contributed by atoms with van der Waals surface area (Å²) in [5.74, 6) is 4.84. The van der Waals surface area contributed by atoms with Crippen molar-refractivity contribution in [2.45, 2.75) is 151 Å². The van der Waals surface area contributed by atoms with Crippen molar-refractivity contribution < 1.29 is 19.0 Å². The predicted molar refractivity (Wildman–Crippen MR) is 159 cm³/mol. The van der Waals surface area contributed by atoms with Crippen LogP contribution in [-0.4, -0.2) is 30.6 Å². The van der Waals surface area contributed by atoms with Crippen LogP contribution in [0.2, 0.25) is 0 Å². The van der Waals surface area contributed by atoms with E-state index in [1.165, 1.54) is 64.2 Å². The summed E-state index contributed by atoms with van der Waals surface area (Å²) in [6.07, 6.45) is 16.4. The fourth-order valence-electron chi connectivity index (χ4n) is 10.00. The quantitative estimate of drug-likeness (QED) is 0.164.